The molecular formula is C13H16ClFN4O. The molecule has 3 N–H and O–H groups in total. The molecule has 1 heterocycles. The van der Waals surface area contributed by atoms with E-state index in [4.69, 9.17) is 5.73 Å². The van der Waals surface area contributed by atoms with Crippen LogP contribution in [0.15, 0.2) is 30.5 Å². The van der Waals surface area contributed by atoms with Crippen molar-refractivity contribution in [3.8, 4) is 11.1 Å². The second kappa shape index (κ2) is 7.02. The Kier molecular flexibility index (Phi) is 5.66. The van der Waals surface area contributed by atoms with Crippen molar-refractivity contribution >= 4 is 18.3 Å². The van der Waals surface area contributed by atoms with Crippen LogP contribution in [0.1, 0.15) is 10.5 Å². The van der Waals surface area contributed by atoms with Crippen molar-refractivity contribution < 1.29 is 9.18 Å². The van der Waals surface area contributed by atoms with E-state index in [-0.39, 0.29) is 24.1 Å². The van der Waals surface area contributed by atoms with Gasteiger partial charge in [0.05, 0.1) is 0 Å². The number of nitrogens with zero attached hydrogens (tertiary/aromatic N) is 2. The van der Waals surface area contributed by atoms with Crippen LogP contribution in [-0.4, -0.2) is 28.8 Å². The maximum atomic E-state index is 12.9. The molecule has 0 spiro atoms. The molecule has 0 aliphatic carbocycles. The van der Waals surface area contributed by atoms with Crippen LogP contribution >= 0.6 is 12.4 Å². The molecule has 2 rings (SSSR count). The average Bonchev–Trinajstić information content (AvgIpc) is 2.79. The van der Waals surface area contributed by atoms with Crippen molar-refractivity contribution in [3.63, 3.8) is 0 Å². The molecular weight excluding hydrogens is 283 g/mol. The van der Waals surface area contributed by atoms with E-state index in [0.29, 0.717) is 24.3 Å². The van der Waals surface area contributed by atoms with Crippen molar-refractivity contribution in [2.45, 2.75) is 0 Å². The number of rotatable bonds is 4. The summed E-state index contributed by atoms with van der Waals surface area (Å²) in [4.78, 5) is 12.0. The Morgan fingerprint density at radius 3 is 2.65 bits per heavy atom. The largest absolute Gasteiger partial charge is 0.349 e. The number of carbonyl (C=O) groups is 1. The molecule has 0 fully saturated rings. The molecule has 2 aromatic rings. The van der Waals surface area contributed by atoms with Crippen molar-refractivity contribution in [1.82, 2.24) is 15.1 Å². The van der Waals surface area contributed by atoms with Gasteiger partial charge in [-0.05, 0) is 17.7 Å². The quantitative estimate of drug-likeness (QED) is 0.894. The molecule has 1 aromatic heterocycles. The second-order valence-electron chi connectivity index (χ2n) is 4.12. The second-order valence-corrected chi connectivity index (χ2v) is 4.12. The van der Waals surface area contributed by atoms with Crippen LogP contribution in [0.5, 0.6) is 0 Å². The molecule has 0 aliphatic heterocycles. The van der Waals surface area contributed by atoms with Crippen molar-refractivity contribution in [2.75, 3.05) is 13.1 Å². The first-order chi connectivity index (χ1) is 9.11. The highest BCUT2D eigenvalue weighted by Crippen LogP contribution is 2.22. The summed E-state index contributed by atoms with van der Waals surface area (Å²) in [7, 11) is 1.73. The molecule has 0 saturated heterocycles. The number of amides is 1. The Balaban J connectivity index is 0.00000200. The molecule has 0 unspecified atom stereocenters. The van der Waals surface area contributed by atoms with Crippen LogP contribution < -0.4 is 11.1 Å². The maximum absolute atomic E-state index is 12.9. The minimum Gasteiger partial charge on any atom is -0.349 e. The Bertz CT molecular complexity index is 583. The van der Waals surface area contributed by atoms with Gasteiger partial charge >= 0.3 is 0 Å². The summed E-state index contributed by atoms with van der Waals surface area (Å²) in [5.74, 6) is -0.604. The van der Waals surface area contributed by atoms with Gasteiger partial charge in [0.15, 0.2) is 5.69 Å². The standard InChI is InChI=1S/C13H15FN4O.ClH/c1-18-8-11(9-2-4-10(14)5-3-9)12(17-18)13(19)16-7-6-15;/h2-5,8H,6-7,15H2,1H3,(H,16,19);1H. The van der Waals surface area contributed by atoms with Gasteiger partial charge in [-0.2, -0.15) is 5.10 Å². The number of aryl methyl sites for hydroxylation is 1. The van der Waals surface area contributed by atoms with Gasteiger partial charge in [0.2, 0.25) is 0 Å². The van der Waals surface area contributed by atoms with E-state index in [1.807, 2.05) is 0 Å². The number of nitrogens with one attached hydrogen (secondary N) is 1. The number of hydrogen-bond acceptors (Lipinski definition) is 3. The van der Waals surface area contributed by atoms with E-state index in [1.165, 1.54) is 12.1 Å². The zero-order valence-electron chi connectivity index (χ0n) is 11.0. The summed E-state index contributed by atoms with van der Waals surface area (Å²) in [6.45, 7) is 0.753. The number of hydrogen-bond donors (Lipinski definition) is 2. The minimum absolute atomic E-state index is 0. The summed E-state index contributed by atoms with van der Waals surface area (Å²) < 4.78 is 14.5. The number of aromatic nitrogens is 2. The first-order valence-electron chi connectivity index (χ1n) is 5.89. The van der Waals surface area contributed by atoms with E-state index in [2.05, 4.69) is 10.4 Å². The van der Waals surface area contributed by atoms with Crippen LogP contribution in [-0.2, 0) is 7.05 Å². The lowest BCUT2D eigenvalue weighted by Crippen LogP contribution is -2.29. The predicted molar refractivity (Wildman–Crippen MR) is 77.2 cm³/mol. The van der Waals surface area contributed by atoms with Crippen LogP contribution in [0.3, 0.4) is 0 Å². The fourth-order valence-electron chi connectivity index (χ4n) is 1.77. The molecule has 0 radical (unpaired) electrons. The van der Waals surface area contributed by atoms with Crippen LogP contribution in [0.4, 0.5) is 4.39 Å². The number of nitrogens with two attached hydrogens (primary N) is 1. The first kappa shape index (κ1) is 16.1. The normalized spacial score (nSPS) is 9.95. The lowest BCUT2D eigenvalue weighted by atomic mass is 10.1. The van der Waals surface area contributed by atoms with Gasteiger partial charge in [-0.15, -0.1) is 12.4 Å². The lowest BCUT2D eigenvalue weighted by molar-refractivity contribution is 0.0949. The smallest absolute Gasteiger partial charge is 0.272 e. The summed E-state index contributed by atoms with van der Waals surface area (Å²) in [5, 5.41) is 6.80. The molecule has 7 heteroatoms. The Labute approximate surface area is 122 Å². The summed E-state index contributed by atoms with van der Waals surface area (Å²) >= 11 is 0. The van der Waals surface area contributed by atoms with Gasteiger partial charge in [0.25, 0.3) is 5.91 Å². The van der Waals surface area contributed by atoms with Gasteiger partial charge < -0.3 is 11.1 Å². The van der Waals surface area contributed by atoms with Gasteiger partial charge in [0.1, 0.15) is 5.82 Å². The predicted octanol–water partition coefficient (Wildman–Crippen LogP) is 1.34. The Morgan fingerprint density at radius 2 is 2.05 bits per heavy atom. The van der Waals surface area contributed by atoms with Gasteiger partial charge in [-0.1, -0.05) is 12.1 Å². The number of benzene rings is 1. The zero-order chi connectivity index (χ0) is 13.8. The first-order valence-corrected chi connectivity index (χ1v) is 5.89. The number of carbonyl (C=O) groups excluding carboxylic acids is 1. The van der Waals surface area contributed by atoms with Gasteiger partial charge in [0, 0.05) is 31.9 Å². The SMILES string of the molecule is Cl.Cn1cc(-c2ccc(F)cc2)c(C(=O)NCCN)n1. The third-order valence-corrected chi connectivity index (χ3v) is 2.63. The van der Waals surface area contributed by atoms with Gasteiger partial charge in [-0.3, -0.25) is 9.48 Å². The Morgan fingerprint density at radius 1 is 1.40 bits per heavy atom. The van der Waals surface area contributed by atoms with Crippen LogP contribution in [0.2, 0.25) is 0 Å². The van der Waals surface area contributed by atoms with Crippen molar-refractivity contribution in [1.29, 1.82) is 0 Å². The highest BCUT2D eigenvalue weighted by Gasteiger charge is 2.16. The third kappa shape index (κ3) is 3.55. The average molecular weight is 299 g/mol. The van der Waals surface area contributed by atoms with E-state index < -0.39 is 0 Å². The molecule has 108 valence electrons. The minimum atomic E-state index is -0.318. The molecule has 0 atom stereocenters. The molecule has 0 bridgehead atoms. The number of halogens is 2. The zero-order valence-corrected chi connectivity index (χ0v) is 11.8. The van der Waals surface area contributed by atoms with E-state index in [1.54, 1.807) is 30.1 Å². The van der Waals surface area contributed by atoms with Crippen LogP contribution in [0.25, 0.3) is 11.1 Å². The van der Waals surface area contributed by atoms with Gasteiger partial charge in [-0.25, -0.2) is 4.39 Å². The van der Waals surface area contributed by atoms with Crippen molar-refractivity contribution in [2.24, 2.45) is 12.8 Å². The maximum Gasteiger partial charge on any atom is 0.272 e. The molecule has 0 aliphatic rings. The fraction of sp³-hybridized carbons (Fsp3) is 0.231. The third-order valence-electron chi connectivity index (χ3n) is 2.63. The monoisotopic (exact) mass is 298 g/mol. The van der Waals surface area contributed by atoms with E-state index in [0.717, 1.165) is 5.56 Å². The molecule has 1 amide bonds. The van der Waals surface area contributed by atoms with Crippen LogP contribution in [0, 0.1) is 5.82 Å². The van der Waals surface area contributed by atoms with E-state index in [9.17, 15) is 9.18 Å². The topological polar surface area (TPSA) is 72.9 Å². The molecule has 1 aromatic carbocycles. The fourth-order valence-corrected chi connectivity index (χ4v) is 1.77. The summed E-state index contributed by atoms with van der Waals surface area (Å²) in [6.07, 6.45) is 1.73. The Hall–Kier alpha value is -1.92. The van der Waals surface area contributed by atoms with Crippen molar-refractivity contribution in [3.05, 3.63) is 42.0 Å². The molecule has 20 heavy (non-hydrogen) atoms. The molecule has 0 saturated carbocycles. The summed E-state index contributed by atoms with van der Waals surface area (Å²) in [5.41, 5.74) is 7.06. The highest BCUT2D eigenvalue weighted by molar-refractivity contribution is 5.98. The summed E-state index contributed by atoms with van der Waals surface area (Å²) in [6, 6.07) is 5.94. The highest BCUT2D eigenvalue weighted by atomic mass is 35.5. The lowest BCUT2D eigenvalue weighted by Gasteiger charge is -2.03. The van der Waals surface area contributed by atoms with E-state index >= 15 is 0 Å². The molecule has 5 nitrogen and oxygen atoms in total.